The second-order valence-electron chi connectivity index (χ2n) is 5.45. The van der Waals surface area contributed by atoms with E-state index in [0.29, 0.717) is 5.92 Å². The molecule has 1 saturated carbocycles. The zero-order valence-corrected chi connectivity index (χ0v) is 12.4. The summed E-state index contributed by atoms with van der Waals surface area (Å²) in [6.07, 6.45) is 6.43. The Kier molecular flexibility index (Phi) is 2.77. The number of thiophene rings is 1. The Bertz CT molecular complexity index is 589. The van der Waals surface area contributed by atoms with E-state index in [4.69, 9.17) is 5.73 Å². The first kappa shape index (κ1) is 11.7. The molecule has 4 rings (SSSR count). The van der Waals surface area contributed by atoms with E-state index >= 15 is 0 Å². The molecular weight excluding hydrogens is 274 g/mol. The molecular formula is C14H17N3S2. The lowest BCUT2D eigenvalue weighted by Crippen LogP contribution is -1.99. The number of rotatable bonds is 4. The normalized spacial score (nSPS) is 17.7. The van der Waals surface area contributed by atoms with E-state index in [9.17, 15) is 0 Å². The summed E-state index contributed by atoms with van der Waals surface area (Å²) >= 11 is 3.48. The molecule has 2 aliphatic rings. The van der Waals surface area contributed by atoms with Crippen molar-refractivity contribution in [1.82, 2.24) is 4.37 Å². The lowest BCUT2D eigenvalue weighted by atomic mass is 10.2. The SMILES string of the molecule is Nc1nsc(NCc2cc3c(s2)CCC3)c1C1CC1. The molecule has 0 unspecified atom stereocenters. The fourth-order valence-electron chi connectivity index (χ4n) is 2.85. The topological polar surface area (TPSA) is 50.9 Å². The van der Waals surface area contributed by atoms with Gasteiger partial charge in [0.2, 0.25) is 0 Å². The molecule has 0 aliphatic heterocycles. The van der Waals surface area contributed by atoms with Gasteiger partial charge in [-0.1, -0.05) is 0 Å². The first-order valence-corrected chi connectivity index (χ1v) is 8.49. The molecule has 19 heavy (non-hydrogen) atoms. The monoisotopic (exact) mass is 291 g/mol. The smallest absolute Gasteiger partial charge is 0.142 e. The Balaban J connectivity index is 1.49. The molecule has 3 nitrogen and oxygen atoms in total. The van der Waals surface area contributed by atoms with E-state index < -0.39 is 0 Å². The predicted octanol–water partition coefficient (Wildman–Crippen LogP) is 3.77. The van der Waals surface area contributed by atoms with Crippen LogP contribution in [-0.2, 0) is 19.4 Å². The van der Waals surface area contributed by atoms with Gasteiger partial charge in [0, 0.05) is 15.3 Å². The summed E-state index contributed by atoms with van der Waals surface area (Å²) in [5.74, 6) is 1.40. The molecule has 2 aliphatic carbocycles. The van der Waals surface area contributed by atoms with Crippen molar-refractivity contribution in [2.24, 2.45) is 0 Å². The molecule has 0 aromatic carbocycles. The Morgan fingerprint density at radius 3 is 3.05 bits per heavy atom. The summed E-state index contributed by atoms with van der Waals surface area (Å²) in [6.45, 7) is 0.916. The van der Waals surface area contributed by atoms with Crippen molar-refractivity contribution in [2.75, 3.05) is 11.1 Å². The van der Waals surface area contributed by atoms with E-state index in [-0.39, 0.29) is 0 Å². The third-order valence-corrected chi connectivity index (χ3v) is 6.03. The molecule has 0 spiro atoms. The number of nitrogens with two attached hydrogens (primary N) is 1. The standard InChI is InChI=1S/C14H17N3S2/c15-13-12(8-4-5-8)14(19-17-13)16-7-10-6-9-2-1-3-11(9)18-10/h6,8,16H,1-5,7H2,(H2,15,17). The van der Waals surface area contributed by atoms with Crippen molar-refractivity contribution in [1.29, 1.82) is 0 Å². The maximum Gasteiger partial charge on any atom is 0.142 e. The largest absolute Gasteiger partial charge is 0.383 e. The van der Waals surface area contributed by atoms with Gasteiger partial charge in [-0.3, -0.25) is 0 Å². The van der Waals surface area contributed by atoms with Crippen molar-refractivity contribution in [3.8, 4) is 0 Å². The highest BCUT2D eigenvalue weighted by Crippen LogP contribution is 2.47. The van der Waals surface area contributed by atoms with Crippen LogP contribution in [0.25, 0.3) is 0 Å². The number of nitrogen functional groups attached to an aromatic ring is 1. The number of hydrogen-bond acceptors (Lipinski definition) is 5. The average Bonchev–Trinajstić information content (AvgIpc) is 2.83. The fourth-order valence-corrected chi connectivity index (χ4v) is 4.84. The van der Waals surface area contributed by atoms with E-state index in [1.165, 1.54) is 59.1 Å². The van der Waals surface area contributed by atoms with Crippen LogP contribution in [0.15, 0.2) is 6.07 Å². The molecule has 0 bridgehead atoms. The number of nitrogens with zero attached hydrogens (tertiary/aromatic N) is 1. The number of aryl methyl sites for hydroxylation is 2. The molecule has 2 aromatic rings. The van der Waals surface area contributed by atoms with Gasteiger partial charge in [-0.2, -0.15) is 4.37 Å². The van der Waals surface area contributed by atoms with E-state index in [1.807, 2.05) is 11.3 Å². The van der Waals surface area contributed by atoms with Gasteiger partial charge < -0.3 is 11.1 Å². The number of nitrogens with one attached hydrogen (secondary N) is 1. The fraction of sp³-hybridized carbons (Fsp3) is 0.500. The van der Waals surface area contributed by atoms with Gasteiger partial charge >= 0.3 is 0 Å². The minimum absolute atomic E-state index is 0.662. The Labute approximate surface area is 121 Å². The average molecular weight is 291 g/mol. The summed E-state index contributed by atoms with van der Waals surface area (Å²) in [5, 5.41) is 4.74. The van der Waals surface area contributed by atoms with Gasteiger partial charge in [-0.05, 0) is 61.2 Å². The van der Waals surface area contributed by atoms with Crippen LogP contribution in [-0.4, -0.2) is 4.37 Å². The molecule has 0 amide bonds. The van der Waals surface area contributed by atoms with Crippen LogP contribution in [0.3, 0.4) is 0 Å². The molecule has 5 heteroatoms. The zero-order chi connectivity index (χ0) is 12.8. The minimum atomic E-state index is 0.662. The second-order valence-corrected chi connectivity index (χ2v) is 7.45. The van der Waals surface area contributed by atoms with Gasteiger partial charge in [0.1, 0.15) is 10.8 Å². The van der Waals surface area contributed by atoms with Crippen LogP contribution in [0.2, 0.25) is 0 Å². The van der Waals surface area contributed by atoms with Crippen LogP contribution in [0, 0.1) is 0 Å². The first-order valence-electron chi connectivity index (χ1n) is 6.90. The van der Waals surface area contributed by atoms with Gasteiger partial charge in [0.25, 0.3) is 0 Å². The molecule has 2 aromatic heterocycles. The first-order chi connectivity index (χ1) is 9.31. The lowest BCUT2D eigenvalue weighted by molar-refractivity contribution is 0.913. The highest BCUT2D eigenvalue weighted by molar-refractivity contribution is 7.12. The number of aromatic nitrogens is 1. The molecule has 100 valence electrons. The minimum Gasteiger partial charge on any atom is -0.383 e. The maximum atomic E-state index is 5.97. The van der Waals surface area contributed by atoms with Crippen molar-refractivity contribution < 1.29 is 0 Å². The van der Waals surface area contributed by atoms with Crippen molar-refractivity contribution in [3.63, 3.8) is 0 Å². The third kappa shape index (κ3) is 2.15. The summed E-state index contributed by atoms with van der Waals surface area (Å²) in [7, 11) is 0. The maximum absolute atomic E-state index is 5.97. The third-order valence-electron chi connectivity index (χ3n) is 3.96. The molecule has 0 saturated heterocycles. The predicted molar refractivity (Wildman–Crippen MR) is 82.2 cm³/mol. The lowest BCUT2D eigenvalue weighted by Gasteiger charge is -2.04. The quantitative estimate of drug-likeness (QED) is 0.901. The van der Waals surface area contributed by atoms with Gasteiger partial charge in [-0.15, -0.1) is 11.3 Å². The molecule has 1 fully saturated rings. The van der Waals surface area contributed by atoms with Gasteiger partial charge in [0.05, 0.1) is 6.54 Å². The molecule has 0 atom stereocenters. The Morgan fingerprint density at radius 1 is 1.37 bits per heavy atom. The zero-order valence-electron chi connectivity index (χ0n) is 10.7. The molecule has 2 heterocycles. The van der Waals surface area contributed by atoms with E-state index in [0.717, 1.165) is 12.4 Å². The van der Waals surface area contributed by atoms with E-state index in [1.54, 1.807) is 10.4 Å². The summed E-state index contributed by atoms with van der Waals surface area (Å²) in [5.41, 5.74) is 8.82. The van der Waals surface area contributed by atoms with Crippen molar-refractivity contribution in [3.05, 3.63) is 26.9 Å². The summed E-state index contributed by atoms with van der Waals surface area (Å²) < 4.78 is 4.30. The van der Waals surface area contributed by atoms with Crippen LogP contribution in [0.5, 0.6) is 0 Å². The van der Waals surface area contributed by atoms with E-state index in [2.05, 4.69) is 15.8 Å². The Hall–Kier alpha value is -1.07. The van der Waals surface area contributed by atoms with Crippen LogP contribution in [0.4, 0.5) is 10.8 Å². The van der Waals surface area contributed by atoms with Crippen LogP contribution >= 0.6 is 22.9 Å². The van der Waals surface area contributed by atoms with Gasteiger partial charge in [0.15, 0.2) is 0 Å². The highest BCUT2D eigenvalue weighted by atomic mass is 32.1. The van der Waals surface area contributed by atoms with Crippen LogP contribution < -0.4 is 11.1 Å². The summed E-state index contributed by atoms with van der Waals surface area (Å²) in [4.78, 5) is 3.04. The number of fused-ring (bicyclic) bond motifs is 1. The molecule has 0 radical (unpaired) electrons. The number of hydrogen-bond donors (Lipinski definition) is 2. The van der Waals surface area contributed by atoms with Crippen molar-refractivity contribution in [2.45, 2.75) is 44.6 Å². The van der Waals surface area contributed by atoms with Crippen molar-refractivity contribution >= 4 is 33.7 Å². The summed E-state index contributed by atoms with van der Waals surface area (Å²) in [6, 6.07) is 2.38. The van der Waals surface area contributed by atoms with Crippen LogP contribution in [0.1, 0.15) is 46.1 Å². The highest BCUT2D eigenvalue weighted by Gasteiger charge is 2.30. The molecule has 3 N–H and O–H groups in total. The van der Waals surface area contributed by atoms with Gasteiger partial charge in [-0.25, -0.2) is 0 Å². The number of anilines is 2. The second kappa shape index (κ2) is 4.49. The Morgan fingerprint density at radius 2 is 2.26 bits per heavy atom.